The molecule has 0 aromatic carbocycles. The van der Waals surface area contributed by atoms with Crippen LogP contribution in [-0.4, -0.2) is 60.9 Å². The van der Waals surface area contributed by atoms with Crippen LogP contribution in [0.1, 0.15) is 66.3 Å². The molecule has 0 unspecified atom stereocenters. The van der Waals surface area contributed by atoms with Gasteiger partial charge in [-0.25, -0.2) is 18.0 Å². The molecule has 0 amide bonds. The highest BCUT2D eigenvalue weighted by Crippen LogP contribution is 2.29. The van der Waals surface area contributed by atoms with Crippen LogP contribution >= 0.6 is 0 Å². The molecule has 0 aliphatic carbocycles. The van der Waals surface area contributed by atoms with E-state index in [4.69, 9.17) is 9.47 Å². The Hall–Kier alpha value is -2.88. The van der Waals surface area contributed by atoms with Crippen LogP contribution in [0.2, 0.25) is 0 Å². The largest absolute Gasteiger partial charge is 0.465 e. The van der Waals surface area contributed by atoms with Crippen molar-refractivity contribution in [2.45, 2.75) is 40.2 Å². The van der Waals surface area contributed by atoms with Gasteiger partial charge in [0.25, 0.3) is 0 Å². The first-order valence-corrected chi connectivity index (χ1v) is 11.7. The van der Waals surface area contributed by atoms with Crippen molar-refractivity contribution in [2.24, 2.45) is 0 Å². The number of aryl methyl sites for hydroxylation is 2. The fourth-order valence-corrected chi connectivity index (χ4v) is 5.94. The fourth-order valence-electron chi connectivity index (χ4n) is 4.24. The summed E-state index contributed by atoms with van der Waals surface area (Å²) in [6, 6.07) is 1.49. The molecule has 0 radical (unpaired) electrons. The zero-order chi connectivity index (χ0) is 23.1. The molecule has 31 heavy (non-hydrogen) atoms. The van der Waals surface area contributed by atoms with E-state index in [9.17, 15) is 22.8 Å². The minimum atomic E-state index is -3.07. The van der Waals surface area contributed by atoms with E-state index in [0.29, 0.717) is 28.9 Å². The molecular formula is C21H26N2O7S. The van der Waals surface area contributed by atoms with E-state index in [1.165, 1.54) is 7.11 Å². The van der Waals surface area contributed by atoms with E-state index in [-0.39, 0.29) is 34.6 Å². The molecule has 1 aliphatic rings. The van der Waals surface area contributed by atoms with E-state index in [1.54, 1.807) is 26.8 Å². The van der Waals surface area contributed by atoms with Gasteiger partial charge in [0.05, 0.1) is 24.2 Å². The van der Waals surface area contributed by atoms with Gasteiger partial charge in [0.15, 0.2) is 16.4 Å². The van der Waals surface area contributed by atoms with Crippen molar-refractivity contribution in [3.8, 4) is 0 Å². The van der Waals surface area contributed by atoms with Gasteiger partial charge in [-0.2, -0.15) is 0 Å². The quantitative estimate of drug-likeness (QED) is 0.528. The van der Waals surface area contributed by atoms with Crippen LogP contribution in [0, 0.1) is 27.7 Å². The van der Waals surface area contributed by atoms with Crippen LogP contribution in [0.5, 0.6) is 0 Å². The second kappa shape index (κ2) is 8.33. The van der Waals surface area contributed by atoms with Gasteiger partial charge in [-0.3, -0.25) is 4.79 Å². The Labute approximate surface area is 180 Å². The Morgan fingerprint density at radius 1 is 1.16 bits per heavy atom. The minimum Gasteiger partial charge on any atom is -0.465 e. The first kappa shape index (κ1) is 22.8. The number of methoxy groups -OCH3 is 1. The summed E-state index contributed by atoms with van der Waals surface area (Å²) >= 11 is 0. The van der Waals surface area contributed by atoms with Crippen LogP contribution in [0.15, 0.2) is 6.07 Å². The van der Waals surface area contributed by atoms with E-state index < -0.39 is 28.4 Å². The number of nitrogens with one attached hydrogen (secondary N) is 1. The predicted molar refractivity (Wildman–Crippen MR) is 112 cm³/mol. The van der Waals surface area contributed by atoms with Crippen LogP contribution in [0.4, 0.5) is 0 Å². The predicted octanol–water partition coefficient (Wildman–Crippen LogP) is 2.24. The monoisotopic (exact) mass is 450 g/mol. The van der Waals surface area contributed by atoms with Gasteiger partial charge < -0.3 is 19.0 Å². The zero-order valence-corrected chi connectivity index (χ0v) is 19.0. The molecule has 1 saturated heterocycles. The molecule has 9 nitrogen and oxygen atoms in total. The maximum absolute atomic E-state index is 12.7. The second-order valence-corrected chi connectivity index (χ2v) is 10.1. The van der Waals surface area contributed by atoms with Crippen molar-refractivity contribution in [3.63, 3.8) is 0 Å². The van der Waals surface area contributed by atoms with Gasteiger partial charge in [-0.15, -0.1) is 0 Å². The van der Waals surface area contributed by atoms with Gasteiger partial charge in [-0.05, 0) is 45.7 Å². The normalized spacial score (nSPS) is 17.5. The number of nitrogens with zero attached hydrogens (tertiary/aromatic N) is 1. The van der Waals surface area contributed by atoms with Gasteiger partial charge in [0.1, 0.15) is 5.69 Å². The molecule has 2 aromatic heterocycles. The number of esters is 2. The van der Waals surface area contributed by atoms with Crippen LogP contribution in [0.25, 0.3) is 0 Å². The number of ether oxygens (including phenoxy) is 2. The summed E-state index contributed by atoms with van der Waals surface area (Å²) in [7, 11) is -1.81. The number of sulfone groups is 1. The molecule has 0 bridgehead atoms. The van der Waals surface area contributed by atoms with Crippen molar-refractivity contribution in [3.05, 3.63) is 45.5 Å². The highest BCUT2D eigenvalue weighted by Gasteiger charge is 2.32. The second-order valence-electron chi connectivity index (χ2n) is 7.83. The molecule has 3 rings (SSSR count). The summed E-state index contributed by atoms with van der Waals surface area (Å²) in [4.78, 5) is 39.9. The smallest absolute Gasteiger partial charge is 0.355 e. The van der Waals surface area contributed by atoms with Gasteiger partial charge in [-0.1, -0.05) is 0 Å². The van der Waals surface area contributed by atoms with Crippen molar-refractivity contribution < 1.29 is 32.3 Å². The minimum absolute atomic E-state index is 0.0555. The van der Waals surface area contributed by atoms with Crippen molar-refractivity contribution in [2.75, 3.05) is 25.2 Å². The standard InChI is InChI=1S/C21H26N2O7S/c1-11-8-16(14(4)23(11)15-6-7-31(27,28)10-15)17(24)9-30-21(26)19-12(2)18(13(3)22-19)20(25)29-5/h8,15,22H,6-7,9-10H2,1-5H3/t15-/m0/s1. The van der Waals surface area contributed by atoms with E-state index in [2.05, 4.69) is 4.98 Å². The number of carbonyl (C=O) groups excluding carboxylic acids is 3. The fraction of sp³-hybridized carbons (Fsp3) is 0.476. The number of hydrogen-bond acceptors (Lipinski definition) is 7. The number of H-pyrrole nitrogens is 1. The van der Waals surface area contributed by atoms with Crippen LogP contribution in [0.3, 0.4) is 0 Å². The molecule has 0 saturated carbocycles. The average molecular weight is 451 g/mol. The first-order chi connectivity index (χ1) is 14.5. The van der Waals surface area contributed by atoms with Gasteiger partial charge >= 0.3 is 11.9 Å². The number of ketones is 1. The Bertz CT molecular complexity index is 1170. The van der Waals surface area contributed by atoms with E-state index >= 15 is 0 Å². The molecule has 1 atom stereocenters. The third-order valence-corrected chi connectivity index (χ3v) is 7.47. The number of rotatable bonds is 6. The summed E-state index contributed by atoms with van der Waals surface area (Å²) in [6.45, 7) is 6.34. The van der Waals surface area contributed by atoms with Crippen molar-refractivity contribution in [1.82, 2.24) is 9.55 Å². The Kier molecular flexibility index (Phi) is 6.13. The molecule has 1 fully saturated rings. The lowest BCUT2D eigenvalue weighted by Gasteiger charge is -2.16. The highest BCUT2D eigenvalue weighted by atomic mass is 32.2. The molecule has 1 aliphatic heterocycles. The molecule has 168 valence electrons. The zero-order valence-electron chi connectivity index (χ0n) is 18.2. The number of carbonyl (C=O) groups is 3. The number of hydrogen-bond donors (Lipinski definition) is 1. The third-order valence-electron chi connectivity index (χ3n) is 5.72. The average Bonchev–Trinajstić information content (AvgIpc) is 3.31. The van der Waals surface area contributed by atoms with Crippen LogP contribution in [-0.2, 0) is 19.3 Å². The molecule has 10 heteroatoms. The lowest BCUT2D eigenvalue weighted by atomic mass is 10.1. The molecular weight excluding hydrogens is 424 g/mol. The van der Waals surface area contributed by atoms with E-state index in [1.807, 2.05) is 11.5 Å². The number of aromatic amines is 1. The number of aromatic nitrogens is 2. The van der Waals surface area contributed by atoms with Crippen molar-refractivity contribution in [1.29, 1.82) is 0 Å². The summed E-state index contributed by atoms with van der Waals surface area (Å²) in [5.74, 6) is -1.51. The SMILES string of the molecule is COC(=O)c1c(C)[nH]c(C(=O)OCC(=O)c2cc(C)n([C@H]3CCS(=O)(=O)C3)c2C)c1C. The van der Waals surface area contributed by atoms with E-state index in [0.717, 1.165) is 5.69 Å². The lowest BCUT2D eigenvalue weighted by Crippen LogP contribution is -2.17. The summed E-state index contributed by atoms with van der Waals surface area (Å²) in [5.41, 5.74) is 3.04. The third kappa shape index (κ3) is 4.30. The molecule has 1 N–H and O–H groups in total. The number of Topliss-reactive ketones (excluding diaryl/α,β-unsaturated/α-hetero) is 1. The molecule has 2 aromatic rings. The highest BCUT2D eigenvalue weighted by molar-refractivity contribution is 7.91. The lowest BCUT2D eigenvalue weighted by molar-refractivity contribution is 0.0468. The van der Waals surface area contributed by atoms with Crippen molar-refractivity contribution >= 4 is 27.6 Å². The maximum atomic E-state index is 12.7. The molecule has 0 spiro atoms. The summed E-state index contributed by atoms with van der Waals surface area (Å²) in [5, 5.41) is 0. The van der Waals surface area contributed by atoms with Gasteiger partial charge in [0, 0.05) is 28.7 Å². The Morgan fingerprint density at radius 2 is 1.84 bits per heavy atom. The maximum Gasteiger partial charge on any atom is 0.355 e. The Balaban J connectivity index is 1.74. The first-order valence-electron chi connectivity index (χ1n) is 9.83. The molecule has 3 heterocycles. The Morgan fingerprint density at radius 3 is 2.42 bits per heavy atom. The summed E-state index contributed by atoms with van der Waals surface area (Å²) in [6.07, 6.45) is 0.509. The topological polar surface area (TPSA) is 125 Å². The van der Waals surface area contributed by atoms with Gasteiger partial charge in [0.2, 0.25) is 5.78 Å². The van der Waals surface area contributed by atoms with Crippen LogP contribution < -0.4 is 0 Å². The summed E-state index contributed by atoms with van der Waals surface area (Å²) < 4.78 is 35.5.